The number of hydrogen-bond acceptors (Lipinski definition) is 4. The summed E-state index contributed by atoms with van der Waals surface area (Å²) in [5.41, 5.74) is 3.52. The number of pyridine rings is 1. The molecule has 0 spiro atoms. The number of rotatable bonds is 12. The van der Waals surface area contributed by atoms with Crippen molar-refractivity contribution in [1.82, 2.24) is 10.3 Å². The predicted molar refractivity (Wildman–Crippen MR) is 137 cm³/mol. The van der Waals surface area contributed by atoms with Gasteiger partial charge >= 0.3 is 0 Å². The number of aryl methyl sites for hydroxylation is 2. The zero-order valence-corrected chi connectivity index (χ0v) is 20.2. The number of nitrogens with zero attached hydrogens (tertiary/aromatic N) is 1. The van der Waals surface area contributed by atoms with E-state index in [-0.39, 0.29) is 10.8 Å². The average Bonchev–Trinajstić information content (AvgIpc) is 2.84. The van der Waals surface area contributed by atoms with E-state index in [9.17, 15) is 13.2 Å². The van der Waals surface area contributed by atoms with E-state index in [1.165, 1.54) is 6.08 Å². The van der Waals surface area contributed by atoms with Gasteiger partial charge in [-0.2, -0.15) is 0 Å². The highest BCUT2D eigenvalue weighted by Gasteiger charge is 2.14. The Bertz CT molecular complexity index is 1190. The largest absolute Gasteiger partial charge is 0.353 e. The quantitative estimate of drug-likeness (QED) is 0.280. The summed E-state index contributed by atoms with van der Waals surface area (Å²) in [4.78, 5) is 16.1. The van der Waals surface area contributed by atoms with Crippen LogP contribution in [0.5, 0.6) is 0 Å². The van der Waals surface area contributed by atoms with Crippen molar-refractivity contribution >= 4 is 27.7 Å². The molecule has 3 rings (SSSR count). The molecule has 0 aliphatic carbocycles. The summed E-state index contributed by atoms with van der Waals surface area (Å²) in [5, 5.41) is 2.89. The van der Waals surface area contributed by atoms with Gasteiger partial charge in [0.05, 0.1) is 4.90 Å². The number of hydrogen-bond donors (Lipinski definition) is 2. The molecule has 0 saturated carbocycles. The van der Waals surface area contributed by atoms with Crippen LogP contribution in [0.3, 0.4) is 0 Å². The second kappa shape index (κ2) is 12.7. The highest BCUT2D eigenvalue weighted by atomic mass is 32.2. The minimum absolute atomic E-state index is 0.110. The number of nitrogens with one attached hydrogen (secondary N) is 2. The molecular weight excluding hydrogens is 446 g/mol. The van der Waals surface area contributed by atoms with Gasteiger partial charge in [0.15, 0.2) is 0 Å². The molecular formula is C27H31N3O3S. The maximum absolute atomic E-state index is 12.7. The lowest BCUT2D eigenvalue weighted by molar-refractivity contribution is -0.116. The highest BCUT2D eigenvalue weighted by molar-refractivity contribution is 7.92. The number of amides is 1. The second-order valence-corrected chi connectivity index (χ2v) is 9.88. The fraction of sp³-hybridized carbons (Fsp3) is 0.259. The topological polar surface area (TPSA) is 88.2 Å². The molecule has 2 N–H and O–H groups in total. The first kappa shape index (κ1) is 25.2. The van der Waals surface area contributed by atoms with E-state index >= 15 is 0 Å². The van der Waals surface area contributed by atoms with Gasteiger partial charge < -0.3 is 5.32 Å². The van der Waals surface area contributed by atoms with Crippen molar-refractivity contribution in [1.29, 1.82) is 0 Å². The number of unbranched alkanes of at least 4 members (excludes halogenated alkanes) is 3. The maximum Gasteiger partial charge on any atom is 0.261 e. The fourth-order valence-electron chi connectivity index (χ4n) is 3.43. The first-order valence-electron chi connectivity index (χ1n) is 11.5. The summed E-state index contributed by atoms with van der Waals surface area (Å²) in [6, 6.07) is 18.1. The second-order valence-electron chi connectivity index (χ2n) is 8.19. The van der Waals surface area contributed by atoms with E-state index in [1.807, 2.05) is 37.3 Å². The Morgan fingerprint density at radius 3 is 2.53 bits per heavy atom. The van der Waals surface area contributed by atoms with Gasteiger partial charge in [-0.1, -0.05) is 48.7 Å². The van der Waals surface area contributed by atoms with Crippen molar-refractivity contribution in [3.8, 4) is 0 Å². The third kappa shape index (κ3) is 8.48. The van der Waals surface area contributed by atoms with Gasteiger partial charge in [-0.25, -0.2) is 8.42 Å². The average molecular weight is 478 g/mol. The first-order valence-corrected chi connectivity index (χ1v) is 12.9. The SMILES string of the molecule is Cc1ccc(NS(=O)(=O)c2cccc(CCCCCCNC(=O)/C=C/c3cccnc3)c2)cc1. The van der Waals surface area contributed by atoms with Crippen molar-refractivity contribution in [3.05, 3.63) is 95.8 Å². The van der Waals surface area contributed by atoms with Crippen LogP contribution in [0.25, 0.3) is 6.08 Å². The molecule has 0 aliphatic heterocycles. The van der Waals surface area contributed by atoms with E-state index < -0.39 is 10.0 Å². The highest BCUT2D eigenvalue weighted by Crippen LogP contribution is 2.19. The molecule has 0 bridgehead atoms. The van der Waals surface area contributed by atoms with Gasteiger partial charge in [0.2, 0.25) is 5.91 Å². The lowest BCUT2D eigenvalue weighted by Crippen LogP contribution is -2.21. The maximum atomic E-state index is 12.7. The molecule has 0 unspecified atom stereocenters. The zero-order valence-electron chi connectivity index (χ0n) is 19.4. The number of aromatic nitrogens is 1. The molecule has 0 radical (unpaired) electrons. The first-order chi connectivity index (χ1) is 16.4. The molecule has 0 aliphatic rings. The van der Waals surface area contributed by atoms with Crippen molar-refractivity contribution in [2.24, 2.45) is 0 Å². The van der Waals surface area contributed by atoms with Gasteiger partial charge in [0.1, 0.15) is 0 Å². The number of anilines is 1. The minimum atomic E-state index is -3.62. The van der Waals surface area contributed by atoms with Crippen molar-refractivity contribution in [2.45, 2.75) is 43.9 Å². The number of sulfonamides is 1. The Morgan fingerprint density at radius 1 is 0.971 bits per heavy atom. The Hall–Kier alpha value is -3.45. The standard InChI is InChI=1S/C27H31N3O3S/c1-22-12-15-25(16-13-22)30-34(32,33)26-11-6-9-23(20-26)8-4-2-3-5-19-29-27(31)17-14-24-10-7-18-28-21-24/h6-7,9-18,20-21,30H,2-5,8,19H2,1H3,(H,29,31)/b17-14+. The lowest BCUT2D eigenvalue weighted by atomic mass is 10.1. The molecule has 7 heteroatoms. The summed E-state index contributed by atoms with van der Waals surface area (Å²) >= 11 is 0. The number of carbonyl (C=O) groups excluding carboxylic acids is 1. The Labute approximate surface area is 202 Å². The third-order valence-electron chi connectivity index (χ3n) is 5.32. The molecule has 3 aromatic rings. The Balaban J connectivity index is 1.36. The molecule has 1 heterocycles. The van der Waals surface area contributed by atoms with Crippen LogP contribution in [0.2, 0.25) is 0 Å². The van der Waals surface area contributed by atoms with Crippen molar-refractivity contribution in [3.63, 3.8) is 0 Å². The normalized spacial score (nSPS) is 11.4. The molecule has 178 valence electrons. The van der Waals surface area contributed by atoms with Crippen LogP contribution >= 0.6 is 0 Å². The monoisotopic (exact) mass is 477 g/mol. The van der Waals surface area contributed by atoms with Gasteiger partial charge in [-0.15, -0.1) is 0 Å². The van der Waals surface area contributed by atoms with Crippen LogP contribution < -0.4 is 10.0 Å². The predicted octanol–water partition coefficient (Wildman–Crippen LogP) is 5.12. The van der Waals surface area contributed by atoms with Gasteiger partial charge in [0.25, 0.3) is 10.0 Å². The van der Waals surface area contributed by atoms with Gasteiger partial charge in [0, 0.05) is 30.7 Å². The third-order valence-corrected chi connectivity index (χ3v) is 6.69. The molecule has 0 atom stereocenters. The summed E-state index contributed by atoms with van der Waals surface area (Å²) in [6.07, 6.45) is 11.4. The molecule has 0 saturated heterocycles. The van der Waals surface area contributed by atoms with Crippen LogP contribution in [-0.2, 0) is 21.2 Å². The van der Waals surface area contributed by atoms with Crippen LogP contribution in [0.4, 0.5) is 5.69 Å². The summed E-state index contributed by atoms with van der Waals surface area (Å²) in [5.74, 6) is -0.110. The van der Waals surface area contributed by atoms with E-state index in [0.29, 0.717) is 12.2 Å². The summed E-state index contributed by atoms with van der Waals surface area (Å²) in [6.45, 7) is 2.59. The fourth-order valence-corrected chi connectivity index (χ4v) is 4.56. The van der Waals surface area contributed by atoms with Gasteiger partial charge in [-0.3, -0.25) is 14.5 Å². The molecule has 2 aromatic carbocycles. The number of carbonyl (C=O) groups is 1. The van der Waals surface area contributed by atoms with Crippen LogP contribution in [0, 0.1) is 6.92 Å². The molecule has 6 nitrogen and oxygen atoms in total. The Kier molecular flexibility index (Phi) is 9.40. The summed E-state index contributed by atoms with van der Waals surface area (Å²) in [7, 11) is -3.62. The van der Waals surface area contributed by atoms with Gasteiger partial charge in [-0.05, 0) is 73.7 Å². The molecule has 1 aromatic heterocycles. The Morgan fingerprint density at radius 2 is 1.76 bits per heavy atom. The van der Waals surface area contributed by atoms with E-state index in [2.05, 4.69) is 15.0 Å². The number of benzene rings is 2. The van der Waals surface area contributed by atoms with E-state index in [4.69, 9.17) is 0 Å². The van der Waals surface area contributed by atoms with Crippen molar-refractivity contribution in [2.75, 3.05) is 11.3 Å². The smallest absolute Gasteiger partial charge is 0.261 e. The van der Waals surface area contributed by atoms with Crippen LogP contribution in [0.1, 0.15) is 42.4 Å². The zero-order chi connectivity index (χ0) is 24.2. The van der Waals surface area contributed by atoms with Crippen LogP contribution in [0.15, 0.2) is 84.0 Å². The molecule has 1 amide bonds. The van der Waals surface area contributed by atoms with Crippen molar-refractivity contribution < 1.29 is 13.2 Å². The van der Waals surface area contributed by atoms with Crippen LogP contribution in [-0.4, -0.2) is 25.9 Å². The summed E-state index contributed by atoms with van der Waals surface area (Å²) < 4.78 is 28.1. The van der Waals surface area contributed by atoms with E-state index in [0.717, 1.165) is 48.8 Å². The van der Waals surface area contributed by atoms with E-state index in [1.54, 1.807) is 48.8 Å². The minimum Gasteiger partial charge on any atom is -0.353 e. The molecule has 0 fully saturated rings. The molecule has 34 heavy (non-hydrogen) atoms. The lowest BCUT2D eigenvalue weighted by Gasteiger charge is -2.10.